The van der Waals surface area contributed by atoms with Gasteiger partial charge >= 0.3 is 0 Å². The van der Waals surface area contributed by atoms with Gasteiger partial charge in [0.25, 0.3) is 0 Å². The van der Waals surface area contributed by atoms with E-state index >= 15 is 0 Å². The van der Waals surface area contributed by atoms with E-state index in [1.54, 1.807) is 0 Å². The van der Waals surface area contributed by atoms with Crippen LogP contribution in [0.2, 0.25) is 0 Å². The van der Waals surface area contributed by atoms with Crippen LogP contribution in [0, 0.1) is 11.3 Å². The van der Waals surface area contributed by atoms with Crippen molar-refractivity contribution in [2.45, 2.75) is 60.3 Å². The van der Waals surface area contributed by atoms with E-state index in [0.717, 1.165) is 5.92 Å². The molecule has 0 spiro atoms. The molecule has 0 aromatic heterocycles. The van der Waals surface area contributed by atoms with Crippen LogP contribution in [-0.4, -0.2) is 0 Å². The predicted molar refractivity (Wildman–Crippen MR) is 52.8 cm³/mol. The number of hydrogen-bond donors (Lipinski definition) is 0. The normalized spacial score (nSPS) is 13.8. The average Bonchev–Trinajstić information content (AvgIpc) is 1.86. The van der Waals surface area contributed by atoms with E-state index in [2.05, 4.69) is 34.6 Å². The van der Waals surface area contributed by atoms with Gasteiger partial charge in [-0.25, -0.2) is 0 Å². The van der Waals surface area contributed by atoms with Crippen LogP contribution in [-0.2, 0) is 21.1 Å². The third-order valence-corrected chi connectivity index (χ3v) is 2.72. The molecule has 0 bridgehead atoms. The minimum atomic E-state index is 0. The molecule has 1 atom stereocenters. The van der Waals surface area contributed by atoms with Gasteiger partial charge in [-0.2, -0.15) is 0 Å². The molecule has 0 amide bonds. The molecule has 0 fully saturated rings. The van der Waals surface area contributed by atoms with Gasteiger partial charge in [-0.15, -0.1) is 0 Å². The number of rotatable bonds is 4. The van der Waals surface area contributed by atoms with Gasteiger partial charge in [-0.1, -0.05) is 60.3 Å². The summed E-state index contributed by atoms with van der Waals surface area (Å²) in [6, 6.07) is 0. The zero-order valence-electron chi connectivity index (χ0n) is 9.31. The Balaban J connectivity index is 0. The van der Waals surface area contributed by atoms with Gasteiger partial charge in [-0.3, -0.25) is 0 Å². The number of unbranched alkanes of at least 4 members (excludes halogenated alkanes) is 2. The summed E-state index contributed by atoms with van der Waals surface area (Å²) in [5.41, 5.74) is 0.508. The molecule has 0 saturated heterocycles. The van der Waals surface area contributed by atoms with Crippen molar-refractivity contribution in [2.75, 3.05) is 0 Å². The SMILES string of the molecule is CCCCCC(C)C(C)(C)C.[Mo]. The fourth-order valence-electron chi connectivity index (χ4n) is 1.13. The molecule has 0 saturated carbocycles. The van der Waals surface area contributed by atoms with E-state index in [9.17, 15) is 0 Å². The van der Waals surface area contributed by atoms with Crippen LogP contribution in [0.3, 0.4) is 0 Å². The van der Waals surface area contributed by atoms with Crippen LogP contribution in [0.25, 0.3) is 0 Å². The van der Waals surface area contributed by atoms with Gasteiger partial charge in [-0.05, 0) is 11.3 Å². The van der Waals surface area contributed by atoms with E-state index in [4.69, 9.17) is 0 Å². The third kappa shape index (κ3) is 7.34. The second-order valence-corrected chi connectivity index (χ2v) is 4.76. The summed E-state index contributed by atoms with van der Waals surface area (Å²) in [6.07, 6.45) is 5.56. The van der Waals surface area contributed by atoms with Crippen molar-refractivity contribution < 1.29 is 21.1 Å². The fraction of sp³-hybridized carbons (Fsp3) is 1.00. The maximum atomic E-state index is 2.37. The first-order chi connectivity index (χ1) is 4.98. The van der Waals surface area contributed by atoms with Gasteiger partial charge in [0.05, 0.1) is 0 Å². The molecule has 0 aliphatic rings. The van der Waals surface area contributed by atoms with Crippen LogP contribution in [0.15, 0.2) is 0 Å². The van der Waals surface area contributed by atoms with Crippen LogP contribution >= 0.6 is 0 Å². The first-order valence-corrected chi connectivity index (χ1v) is 4.98. The Kier molecular flexibility index (Phi) is 9.01. The summed E-state index contributed by atoms with van der Waals surface area (Å²) in [5, 5.41) is 0. The quantitative estimate of drug-likeness (QED) is 0.518. The van der Waals surface area contributed by atoms with E-state index in [1.165, 1.54) is 25.7 Å². The molecule has 12 heavy (non-hydrogen) atoms. The van der Waals surface area contributed by atoms with E-state index in [1.807, 2.05) is 0 Å². The minimum absolute atomic E-state index is 0. The first-order valence-electron chi connectivity index (χ1n) is 4.98. The summed E-state index contributed by atoms with van der Waals surface area (Å²) in [5.74, 6) is 0.869. The van der Waals surface area contributed by atoms with Gasteiger partial charge in [0.1, 0.15) is 0 Å². The van der Waals surface area contributed by atoms with Gasteiger partial charge in [0.15, 0.2) is 0 Å². The Labute approximate surface area is 92.8 Å². The zero-order valence-corrected chi connectivity index (χ0v) is 11.3. The first kappa shape index (κ1) is 15.2. The standard InChI is InChI=1S/C11H24.Mo/c1-6-7-8-9-10(2)11(3,4)5;/h10H,6-9H2,1-5H3;. The van der Waals surface area contributed by atoms with Crippen LogP contribution in [0.5, 0.6) is 0 Å². The van der Waals surface area contributed by atoms with Crippen molar-refractivity contribution >= 4 is 0 Å². The molecule has 0 aromatic rings. The van der Waals surface area contributed by atoms with Crippen molar-refractivity contribution in [3.63, 3.8) is 0 Å². The Morgan fingerprint density at radius 1 is 1.08 bits per heavy atom. The topological polar surface area (TPSA) is 0 Å². The average molecular weight is 252 g/mol. The van der Waals surface area contributed by atoms with Crippen LogP contribution in [0.4, 0.5) is 0 Å². The maximum Gasteiger partial charge on any atom is 0 e. The third-order valence-electron chi connectivity index (χ3n) is 2.72. The predicted octanol–water partition coefficient (Wildman–Crippen LogP) is 4.25. The van der Waals surface area contributed by atoms with Crippen molar-refractivity contribution in [3.8, 4) is 0 Å². The molecule has 0 rings (SSSR count). The van der Waals surface area contributed by atoms with Gasteiger partial charge < -0.3 is 0 Å². The Bertz CT molecular complexity index is 91.7. The van der Waals surface area contributed by atoms with Crippen molar-refractivity contribution in [1.29, 1.82) is 0 Å². The Morgan fingerprint density at radius 3 is 1.92 bits per heavy atom. The minimum Gasteiger partial charge on any atom is -0.0654 e. The molecule has 0 aromatic carbocycles. The second-order valence-electron chi connectivity index (χ2n) is 4.76. The largest absolute Gasteiger partial charge is 0.0654 e. The molecular formula is C11H24Mo. The Hall–Kier alpha value is 0.688. The summed E-state index contributed by atoms with van der Waals surface area (Å²) < 4.78 is 0. The summed E-state index contributed by atoms with van der Waals surface area (Å²) in [4.78, 5) is 0. The molecule has 1 heteroatoms. The summed E-state index contributed by atoms with van der Waals surface area (Å²) in [7, 11) is 0. The van der Waals surface area contributed by atoms with Crippen molar-refractivity contribution in [1.82, 2.24) is 0 Å². The zero-order chi connectivity index (χ0) is 8.91. The maximum absolute atomic E-state index is 2.37. The van der Waals surface area contributed by atoms with Gasteiger partial charge in [0.2, 0.25) is 0 Å². The summed E-state index contributed by atoms with van der Waals surface area (Å²) in [6.45, 7) is 11.6. The molecule has 0 nitrogen and oxygen atoms in total. The molecule has 0 N–H and O–H groups in total. The van der Waals surface area contributed by atoms with E-state index in [-0.39, 0.29) is 21.1 Å². The van der Waals surface area contributed by atoms with Crippen molar-refractivity contribution in [3.05, 3.63) is 0 Å². The monoisotopic (exact) mass is 254 g/mol. The molecule has 1 unspecified atom stereocenters. The van der Waals surface area contributed by atoms with E-state index < -0.39 is 0 Å². The fourth-order valence-corrected chi connectivity index (χ4v) is 1.13. The second kappa shape index (κ2) is 7.13. The molecule has 0 aliphatic carbocycles. The molecule has 74 valence electrons. The van der Waals surface area contributed by atoms with Crippen LogP contribution < -0.4 is 0 Å². The van der Waals surface area contributed by atoms with E-state index in [0.29, 0.717) is 5.41 Å². The van der Waals surface area contributed by atoms with Gasteiger partial charge in [0, 0.05) is 21.1 Å². The number of hydrogen-bond acceptors (Lipinski definition) is 0. The molecule has 0 heterocycles. The molecule has 0 aliphatic heterocycles. The van der Waals surface area contributed by atoms with Crippen LogP contribution in [0.1, 0.15) is 60.3 Å². The molecular weight excluding hydrogens is 228 g/mol. The van der Waals surface area contributed by atoms with Crippen molar-refractivity contribution in [2.24, 2.45) is 11.3 Å². The Morgan fingerprint density at radius 2 is 1.58 bits per heavy atom. The smallest absolute Gasteiger partial charge is 0 e. The molecule has 0 radical (unpaired) electrons. The summed E-state index contributed by atoms with van der Waals surface area (Å²) >= 11 is 0.